The van der Waals surface area contributed by atoms with Gasteiger partial charge in [0, 0.05) is 0 Å². The summed E-state index contributed by atoms with van der Waals surface area (Å²) in [7, 11) is 1.23. The molecule has 1 aliphatic rings. The van der Waals surface area contributed by atoms with Crippen LogP contribution in [0.1, 0.15) is 21.9 Å². The average molecular weight is 417 g/mol. The third-order valence-electron chi connectivity index (χ3n) is 3.95. The average Bonchev–Trinajstić information content (AvgIpc) is 3.27. The second kappa shape index (κ2) is 8.66. The summed E-state index contributed by atoms with van der Waals surface area (Å²) >= 11 is 6.17. The van der Waals surface area contributed by atoms with Gasteiger partial charge in [0.15, 0.2) is 0 Å². The Labute approximate surface area is 171 Å². The molecule has 29 heavy (non-hydrogen) atoms. The predicted molar refractivity (Wildman–Crippen MR) is 104 cm³/mol. The summed E-state index contributed by atoms with van der Waals surface area (Å²) in [5.74, 6) is -0.447. The lowest BCUT2D eigenvalue weighted by atomic mass is 10.2. The summed E-state index contributed by atoms with van der Waals surface area (Å²) in [5.41, 5.74) is 0.697. The SMILES string of the molecule is C=CCOc1ccc(C=C2NC(=O)N(Cc3ccc(C(=O)OC)o3)C2=O)cc1Cl. The van der Waals surface area contributed by atoms with Crippen LogP contribution < -0.4 is 10.1 Å². The molecule has 1 aliphatic heterocycles. The molecule has 0 aliphatic carbocycles. The Hall–Kier alpha value is -3.52. The number of amides is 3. The number of benzene rings is 1. The van der Waals surface area contributed by atoms with Crippen molar-refractivity contribution >= 4 is 35.6 Å². The maximum Gasteiger partial charge on any atom is 0.373 e. The second-order valence-electron chi connectivity index (χ2n) is 5.93. The number of ether oxygens (including phenoxy) is 2. The van der Waals surface area contributed by atoms with E-state index in [1.165, 1.54) is 25.3 Å². The zero-order chi connectivity index (χ0) is 21.0. The topological polar surface area (TPSA) is 98.1 Å². The van der Waals surface area contributed by atoms with E-state index in [4.69, 9.17) is 20.8 Å². The molecule has 1 saturated heterocycles. The summed E-state index contributed by atoms with van der Waals surface area (Å²) in [6, 6.07) is 7.28. The van der Waals surface area contributed by atoms with Crippen LogP contribution in [0.25, 0.3) is 6.08 Å². The van der Waals surface area contributed by atoms with Gasteiger partial charge in [-0.05, 0) is 35.9 Å². The molecule has 8 nitrogen and oxygen atoms in total. The molecule has 1 aromatic heterocycles. The molecule has 150 valence electrons. The minimum absolute atomic E-state index is 0.0151. The van der Waals surface area contributed by atoms with Crippen molar-refractivity contribution in [3.8, 4) is 5.75 Å². The Morgan fingerprint density at radius 1 is 1.31 bits per heavy atom. The fraction of sp³-hybridized carbons (Fsp3) is 0.150. The lowest BCUT2D eigenvalue weighted by Gasteiger charge is -2.09. The number of hydrogen-bond donors (Lipinski definition) is 1. The Kier molecular flexibility index (Phi) is 6.04. The standard InChI is InChI=1S/C20H17ClN2O6/c1-3-8-28-16-6-4-12(9-14(16)21)10-15-18(24)23(20(26)22-15)11-13-5-7-17(29-13)19(25)27-2/h3-7,9-10H,1,8,11H2,2H3,(H,22,26). The van der Waals surface area contributed by atoms with Crippen molar-refractivity contribution in [3.05, 3.63) is 70.8 Å². The van der Waals surface area contributed by atoms with Gasteiger partial charge in [-0.25, -0.2) is 9.59 Å². The van der Waals surface area contributed by atoms with Crippen LogP contribution in [0.4, 0.5) is 4.79 Å². The highest BCUT2D eigenvalue weighted by Gasteiger charge is 2.34. The van der Waals surface area contributed by atoms with Crippen molar-refractivity contribution in [1.29, 1.82) is 0 Å². The highest BCUT2D eigenvalue weighted by molar-refractivity contribution is 6.32. The summed E-state index contributed by atoms with van der Waals surface area (Å²) in [4.78, 5) is 37.2. The molecule has 1 aromatic carbocycles. The third-order valence-corrected chi connectivity index (χ3v) is 4.24. The van der Waals surface area contributed by atoms with Crippen LogP contribution in [0.5, 0.6) is 5.75 Å². The summed E-state index contributed by atoms with van der Waals surface area (Å²) in [6.45, 7) is 3.75. The number of furan rings is 1. The molecular weight excluding hydrogens is 400 g/mol. The Bertz CT molecular complexity index is 1010. The Balaban J connectivity index is 1.74. The number of carbonyl (C=O) groups is 3. The fourth-order valence-electron chi connectivity index (χ4n) is 2.58. The monoisotopic (exact) mass is 416 g/mol. The van der Waals surface area contributed by atoms with Crippen molar-refractivity contribution < 1.29 is 28.3 Å². The number of rotatable bonds is 7. The number of nitrogens with zero attached hydrogens (tertiary/aromatic N) is 1. The predicted octanol–water partition coefficient (Wildman–Crippen LogP) is 3.38. The van der Waals surface area contributed by atoms with Crippen LogP contribution in [-0.2, 0) is 16.1 Å². The van der Waals surface area contributed by atoms with Crippen molar-refractivity contribution in [2.45, 2.75) is 6.54 Å². The second-order valence-corrected chi connectivity index (χ2v) is 6.33. The van der Waals surface area contributed by atoms with Crippen LogP contribution in [0, 0.1) is 0 Å². The van der Waals surface area contributed by atoms with Gasteiger partial charge in [0.2, 0.25) is 5.76 Å². The minimum atomic E-state index is -0.647. The first-order valence-electron chi connectivity index (χ1n) is 8.47. The number of esters is 1. The number of imide groups is 1. The van der Waals surface area contributed by atoms with E-state index in [1.54, 1.807) is 24.3 Å². The molecule has 0 bridgehead atoms. The van der Waals surface area contributed by atoms with Gasteiger partial charge in [0.05, 0.1) is 18.7 Å². The van der Waals surface area contributed by atoms with E-state index in [-0.39, 0.29) is 23.8 Å². The Morgan fingerprint density at radius 2 is 2.10 bits per heavy atom. The van der Waals surface area contributed by atoms with Crippen molar-refractivity contribution in [2.75, 3.05) is 13.7 Å². The first-order valence-corrected chi connectivity index (χ1v) is 8.85. The fourth-order valence-corrected chi connectivity index (χ4v) is 2.83. The van der Waals surface area contributed by atoms with Crippen molar-refractivity contribution in [2.24, 2.45) is 0 Å². The lowest BCUT2D eigenvalue weighted by Crippen LogP contribution is -2.30. The molecule has 1 N–H and O–H groups in total. The molecule has 2 aromatic rings. The molecule has 3 rings (SSSR count). The summed E-state index contributed by atoms with van der Waals surface area (Å²) in [6.07, 6.45) is 3.10. The molecule has 3 amide bonds. The minimum Gasteiger partial charge on any atom is -0.488 e. The van der Waals surface area contributed by atoms with Gasteiger partial charge in [-0.1, -0.05) is 30.3 Å². The van der Waals surface area contributed by atoms with E-state index < -0.39 is 17.9 Å². The first-order chi connectivity index (χ1) is 13.9. The van der Waals surface area contributed by atoms with Crippen LogP contribution in [0.3, 0.4) is 0 Å². The normalized spacial score (nSPS) is 14.8. The molecule has 9 heteroatoms. The Morgan fingerprint density at radius 3 is 2.79 bits per heavy atom. The van der Waals surface area contributed by atoms with Gasteiger partial charge in [-0.2, -0.15) is 0 Å². The van der Waals surface area contributed by atoms with Gasteiger partial charge in [0.1, 0.15) is 23.8 Å². The van der Waals surface area contributed by atoms with Crippen LogP contribution in [0.15, 0.2) is 53.1 Å². The first kappa shape index (κ1) is 20.2. The van der Waals surface area contributed by atoms with E-state index in [2.05, 4.69) is 16.6 Å². The number of nitrogens with one attached hydrogen (secondary N) is 1. The van der Waals surface area contributed by atoms with E-state index in [0.717, 1.165) is 4.90 Å². The van der Waals surface area contributed by atoms with Crippen LogP contribution >= 0.6 is 11.6 Å². The number of hydrogen-bond acceptors (Lipinski definition) is 6. The zero-order valence-corrected chi connectivity index (χ0v) is 16.2. The van der Waals surface area contributed by atoms with Crippen LogP contribution in [0.2, 0.25) is 5.02 Å². The lowest BCUT2D eigenvalue weighted by molar-refractivity contribution is -0.123. The highest BCUT2D eigenvalue weighted by atomic mass is 35.5. The molecular formula is C20H17ClN2O6. The maximum absolute atomic E-state index is 12.6. The van der Waals surface area contributed by atoms with E-state index in [9.17, 15) is 14.4 Å². The highest BCUT2D eigenvalue weighted by Crippen LogP contribution is 2.27. The van der Waals surface area contributed by atoms with Gasteiger partial charge in [-0.3, -0.25) is 9.69 Å². The summed E-state index contributed by atoms with van der Waals surface area (Å²) in [5, 5.41) is 2.87. The molecule has 0 atom stereocenters. The van der Waals surface area contributed by atoms with Gasteiger partial charge >= 0.3 is 12.0 Å². The number of urea groups is 1. The quantitative estimate of drug-likeness (QED) is 0.321. The van der Waals surface area contributed by atoms with E-state index in [0.29, 0.717) is 22.9 Å². The molecule has 0 spiro atoms. The molecule has 1 fully saturated rings. The number of methoxy groups -OCH3 is 1. The van der Waals surface area contributed by atoms with E-state index in [1.807, 2.05) is 0 Å². The van der Waals surface area contributed by atoms with Gasteiger partial charge in [-0.15, -0.1) is 0 Å². The van der Waals surface area contributed by atoms with E-state index >= 15 is 0 Å². The number of carbonyl (C=O) groups excluding carboxylic acids is 3. The van der Waals surface area contributed by atoms with Gasteiger partial charge in [0.25, 0.3) is 5.91 Å². The summed E-state index contributed by atoms with van der Waals surface area (Å²) < 4.78 is 15.3. The number of halogens is 1. The molecule has 0 radical (unpaired) electrons. The largest absolute Gasteiger partial charge is 0.488 e. The van der Waals surface area contributed by atoms with Gasteiger partial charge < -0.3 is 19.2 Å². The zero-order valence-electron chi connectivity index (χ0n) is 15.4. The molecule has 2 heterocycles. The van der Waals surface area contributed by atoms with Crippen LogP contribution in [-0.4, -0.2) is 36.5 Å². The molecule has 0 unspecified atom stereocenters. The smallest absolute Gasteiger partial charge is 0.373 e. The molecule has 0 saturated carbocycles. The van der Waals surface area contributed by atoms with Crippen molar-refractivity contribution in [3.63, 3.8) is 0 Å². The van der Waals surface area contributed by atoms with Crippen molar-refractivity contribution in [1.82, 2.24) is 10.2 Å². The third kappa shape index (κ3) is 4.49. The maximum atomic E-state index is 12.6.